The van der Waals surface area contributed by atoms with E-state index in [0.717, 1.165) is 29.1 Å². The van der Waals surface area contributed by atoms with Crippen LogP contribution in [0.1, 0.15) is 30.5 Å². The predicted molar refractivity (Wildman–Crippen MR) is 101 cm³/mol. The Morgan fingerprint density at radius 3 is 2.44 bits per heavy atom. The zero-order chi connectivity index (χ0) is 17.2. The minimum absolute atomic E-state index is 0.0775. The molecule has 0 aliphatic carbocycles. The van der Waals surface area contributed by atoms with Crippen molar-refractivity contribution in [2.45, 2.75) is 13.0 Å². The van der Waals surface area contributed by atoms with Crippen molar-refractivity contribution < 1.29 is 9.59 Å². The van der Waals surface area contributed by atoms with Gasteiger partial charge in [0.25, 0.3) is 11.8 Å². The highest BCUT2D eigenvalue weighted by Gasteiger charge is 2.22. The molecular formula is C19H16N2O2S2. The molecule has 3 aromatic rings. The van der Waals surface area contributed by atoms with Crippen LogP contribution in [0.25, 0.3) is 0 Å². The summed E-state index contributed by atoms with van der Waals surface area (Å²) in [7, 11) is 0. The Morgan fingerprint density at radius 1 is 0.960 bits per heavy atom. The first-order chi connectivity index (χ1) is 12.2. The standard InChI is InChI=1S/C19H16N2O2S2/c22-18(16-3-1-9-24-16)20-15-6-5-13-7-8-21(12-14(13)11-15)19(23)17-4-2-10-25-17/h1-6,9-11H,7-8,12H2,(H,20,22). The van der Waals surface area contributed by atoms with Crippen molar-refractivity contribution >= 4 is 40.2 Å². The van der Waals surface area contributed by atoms with Crippen LogP contribution in [0.5, 0.6) is 0 Å². The van der Waals surface area contributed by atoms with E-state index in [1.54, 1.807) is 6.07 Å². The minimum Gasteiger partial charge on any atom is -0.333 e. The van der Waals surface area contributed by atoms with Gasteiger partial charge < -0.3 is 10.2 Å². The molecule has 1 N–H and O–H groups in total. The molecule has 25 heavy (non-hydrogen) atoms. The normalized spacial score (nSPS) is 13.4. The van der Waals surface area contributed by atoms with Gasteiger partial charge in [0.15, 0.2) is 0 Å². The van der Waals surface area contributed by atoms with E-state index in [1.165, 1.54) is 28.2 Å². The second kappa shape index (κ2) is 6.82. The Bertz CT molecular complexity index is 902. The third-order valence-electron chi connectivity index (χ3n) is 4.24. The summed E-state index contributed by atoms with van der Waals surface area (Å²) in [6.45, 7) is 1.30. The van der Waals surface area contributed by atoms with Gasteiger partial charge in [-0.2, -0.15) is 0 Å². The number of hydrogen-bond acceptors (Lipinski definition) is 4. The third-order valence-corrected chi connectivity index (χ3v) is 5.97. The molecule has 1 aliphatic rings. The van der Waals surface area contributed by atoms with E-state index in [9.17, 15) is 9.59 Å². The first kappa shape index (κ1) is 16.1. The van der Waals surface area contributed by atoms with Gasteiger partial charge in [-0.05, 0) is 52.6 Å². The van der Waals surface area contributed by atoms with Crippen LogP contribution in [-0.4, -0.2) is 23.3 Å². The second-order valence-electron chi connectivity index (χ2n) is 5.87. The van der Waals surface area contributed by atoms with Gasteiger partial charge in [-0.3, -0.25) is 9.59 Å². The molecule has 0 atom stereocenters. The number of thiophene rings is 2. The SMILES string of the molecule is O=C(Nc1ccc2c(c1)CN(C(=O)c1cccs1)CC2)c1cccs1. The molecule has 0 fully saturated rings. The van der Waals surface area contributed by atoms with Crippen molar-refractivity contribution in [3.05, 3.63) is 74.1 Å². The summed E-state index contributed by atoms with van der Waals surface area (Å²) in [6, 6.07) is 13.4. The largest absolute Gasteiger partial charge is 0.333 e. The second-order valence-corrected chi connectivity index (χ2v) is 7.76. The van der Waals surface area contributed by atoms with Gasteiger partial charge in [0.2, 0.25) is 0 Å². The van der Waals surface area contributed by atoms with Crippen LogP contribution in [0.4, 0.5) is 5.69 Å². The van der Waals surface area contributed by atoms with Gasteiger partial charge >= 0.3 is 0 Å². The van der Waals surface area contributed by atoms with Gasteiger partial charge in [-0.15, -0.1) is 22.7 Å². The molecule has 0 saturated carbocycles. The van der Waals surface area contributed by atoms with Gasteiger partial charge in [0.1, 0.15) is 0 Å². The summed E-state index contributed by atoms with van der Waals surface area (Å²) in [5, 5.41) is 6.74. The summed E-state index contributed by atoms with van der Waals surface area (Å²) >= 11 is 2.89. The van der Waals surface area contributed by atoms with Crippen LogP contribution in [-0.2, 0) is 13.0 Å². The molecule has 0 spiro atoms. The quantitative estimate of drug-likeness (QED) is 0.751. The molecule has 1 aromatic carbocycles. The minimum atomic E-state index is -0.0997. The van der Waals surface area contributed by atoms with Crippen molar-refractivity contribution in [3.63, 3.8) is 0 Å². The number of amides is 2. The van der Waals surface area contributed by atoms with Crippen LogP contribution in [0.2, 0.25) is 0 Å². The highest BCUT2D eigenvalue weighted by Crippen LogP contribution is 2.25. The molecule has 4 rings (SSSR count). The highest BCUT2D eigenvalue weighted by molar-refractivity contribution is 7.12. The summed E-state index contributed by atoms with van der Waals surface area (Å²) in [4.78, 5) is 28.1. The topological polar surface area (TPSA) is 49.4 Å². The van der Waals surface area contributed by atoms with Crippen LogP contribution in [0.15, 0.2) is 53.2 Å². The number of anilines is 1. The summed E-state index contributed by atoms with van der Waals surface area (Å²) in [5.41, 5.74) is 3.10. The average Bonchev–Trinajstić information content (AvgIpc) is 3.34. The van der Waals surface area contributed by atoms with E-state index in [-0.39, 0.29) is 11.8 Å². The van der Waals surface area contributed by atoms with Gasteiger partial charge in [0.05, 0.1) is 9.75 Å². The molecule has 0 radical (unpaired) electrons. The lowest BCUT2D eigenvalue weighted by atomic mass is 9.99. The number of hydrogen-bond donors (Lipinski definition) is 1. The Hall–Kier alpha value is -2.44. The fraction of sp³-hybridized carbons (Fsp3) is 0.158. The zero-order valence-electron chi connectivity index (χ0n) is 13.4. The number of carbonyl (C=O) groups excluding carboxylic acids is 2. The molecule has 4 nitrogen and oxygen atoms in total. The van der Waals surface area contributed by atoms with E-state index >= 15 is 0 Å². The smallest absolute Gasteiger partial charge is 0.265 e. The van der Waals surface area contributed by atoms with Crippen LogP contribution < -0.4 is 5.32 Å². The summed E-state index contributed by atoms with van der Waals surface area (Å²) in [6.07, 6.45) is 0.839. The number of benzene rings is 1. The fourth-order valence-electron chi connectivity index (χ4n) is 2.96. The maximum absolute atomic E-state index is 12.6. The van der Waals surface area contributed by atoms with Crippen molar-refractivity contribution in [2.75, 3.05) is 11.9 Å². The number of nitrogens with one attached hydrogen (secondary N) is 1. The van der Waals surface area contributed by atoms with Crippen LogP contribution in [0.3, 0.4) is 0 Å². The average molecular weight is 368 g/mol. The Morgan fingerprint density at radius 2 is 1.72 bits per heavy atom. The first-order valence-electron chi connectivity index (χ1n) is 8.00. The maximum Gasteiger partial charge on any atom is 0.265 e. The van der Waals surface area contributed by atoms with Gasteiger partial charge in [-0.1, -0.05) is 18.2 Å². The van der Waals surface area contributed by atoms with E-state index in [2.05, 4.69) is 5.32 Å². The Balaban J connectivity index is 1.51. The van der Waals surface area contributed by atoms with Crippen LogP contribution >= 0.6 is 22.7 Å². The molecule has 0 bridgehead atoms. The van der Waals surface area contributed by atoms with E-state index in [0.29, 0.717) is 11.4 Å². The predicted octanol–water partition coefficient (Wildman–Crippen LogP) is 4.26. The molecule has 126 valence electrons. The molecule has 6 heteroatoms. The molecule has 0 saturated heterocycles. The lowest BCUT2D eigenvalue weighted by Crippen LogP contribution is -2.35. The Labute approximate surface area is 153 Å². The van der Waals surface area contributed by atoms with Gasteiger partial charge in [-0.25, -0.2) is 0 Å². The maximum atomic E-state index is 12.6. The molecule has 2 aromatic heterocycles. The number of rotatable bonds is 3. The lowest BCUT2D eigenvalue weighted by molar-refractivity contribution is 0.0739. The Kier molecular flexibility index (Phi) is 4.38. The zero-order valence-corrected chi connectivity index (χ0v) is 15.0. The number of nitrogens with zero attached hydrogens (tertiary/aromatic N) is 1. The number of fused-ring (bicyclic) bond motifs is 1. The van der Waals surface area contributed by atoms with Crippen molar-refractivity contribution in [2.24, 2.45) is 0 Å². The fourth-order valence-corrected chi connectivity index (χ4v) is 4.27. The van der Waals surface area contributed by atoms with E-state index in [1.807, 2.05) is 52.1 Å². The van der Waals surface area contributed by atoms with Crippen molar-refractivity contribution in [1.82, 2.24) is 4.90 Å². The number of carbonyl (C=O) groups is 2. The highest BCUT2D eigenvalue weighted by atomic mass is 32.1. The van der Waals surface area contributed by atoms with Crippen molar-refractivity contribution in [3.8, 4) is 0 Å². The first-order valence-corrected chi connectivity index (χ1v) is 9.76. The molecule has 0 unspecified atom stereocenters. The van der Waals surface area contributed by atoms with Crippen molar-refractivity contribution in [1.29, 1.82) is 0 Å². The molecule has 2 amide bonds. The monoisotopic (exact) mass is 368 g/mol. The summed E-state index contributed by atoms with van der Waals surface area (Å²) in [5.74, 6) is -0.0223. The van der Waals surface area contributed by atoms with E-state index in [4.69, 9.17) is 0 Å². The van der Waals surface area contributed by atoms with Crippen LogP contribution in [0, 0.1) is 0 Å². The lowest BCUT2D eigenvalue weighted by Gasteiger charge is -2.29. The van der Waals surface area contributed by atoms with Gasteiger partial charge in [0, 0.05) is 18.8 Å². The van der Waals surface area contributed by atoms with E-state index < -0.39 is 0 Å². The molecule has 3 heterocycles. The third kappa shape index (κ3) is 3.36. The molecular weight excluding hydrogens is 352 g/mol. The summed E-state index contributed by atoms with van der Waals surface area (Å²) < 4.78 is 0. The molecule has 1 aliphatic heterocycles.